The second-order valence-corrected chi connectivity index (χ2v) is 3.42. The van der Waals surface area contributed by atoms with Crippen molar-refractivity contribution in [3.8, 4) is 0 Å². The van der Waals surface area contributed by atoms with E-state index in [1.807, 2.05) is 12.4 Å². The number of hydrogen-bond acceptors (Lipinski definition) is 1. The predicted molar refractivity (Wildman–Crippen MR) is 56.0 cm³/mol. The van der Waals surface area contributed by atoms with Crippen LogP contribution in [0.1, 0.15) is 18.4 Å². The molecule has 1 aliphatic rings. The summed E-state index contributed by atoms with van der Waals surface area (Å²) in [5, 5.41) is 0. The lowest BCUT2D eigenvalue weighted by Crippen LogP contribution is -2.06. The lowest BCUT2D eigenvalue weighted by molar-refractivity contribution is 0.695. The molecule has 0 amide bonds. The second kappa shape index (κ2) is 3.56. The van der Waals surface area contributed by atoms with Crippen LogP contribution in [0, 0.1) is 5.92 Å². The molecule has 1 aromatic rings. The van der Waals surface area contributed by atoms with E-state index < -0.39 is 0 Å². The fourth-order valence-corrected chi connectivity index (χ4v) is 1.62. The van der Waals surface area contributed by atoms with Gasteiger partial charge in [0.2, 0.25) is 0 Å². The van der Waals surface area contributed by atoms with E-state index in [0.717, 1.165) is 0 Å². The lowest BCUT2D eigenvalue weighted by Gasteiger charge is -2.14. The van der Waals surface area contributed by atoms with Gasteiger partial charge in [-0.15, -0.1) is 0 Å². The standard InChI is InChI=1S/C12H13N/c1-10(12-7-8-13-9-12)11-5-3-2-4-6-11/h2-10,12H,1H3. The van der Waals surface area contributed by atoms with Gasteiger partial charge in [0.1, 0.15) is 0 Å². The molecule has 2 atom stereocenters. The summed E-state index contributed by atoms with van der Waals surface area (Å²) in [6, 6.07) is 10.6. The van der Waals surface area contributed by atoms with E-state index in [9.17, 15) is 0 Å². The third kappa shape index (κ3) is 1.69. The summed E-state index contributed by atoms with van der Waals surface area (Å²) in [6.45, 7) is 2.24. The first-order valence-corrected chi connectivity index (χ1v) is 4.63. The van der Waals surface area contributed by atoms with E-state index in [2.05, 4.69) is 48.3 Å². The molecule has 0 N–H and O–H groups in total. The molecule has 1 heterocycles. The first-order chi connectivity index (χ1) is 6.38. The van der Waals surface area contributed by atoms with E-state index in [1.54, 1.807) is 0 Å². The summed E-state index contributed by atoms with van der Waals surface area (Å²) in [5.74, 6) is 1.01. The summed E-state index contributed by atoms with van der Waals surface area (Å²) in [7, 11) is 0. The van der Waals surface area contributed by atoms with Crippen LogP contribution in [0.15, 0.2) is 47.6 Å². The van der Waals surface area contributed by atoms with Crippen molar-refractivity contribution in [1.29, 1.82) is 0 Å². The average Bonchev–Trinajstić information content (AvgIpc) is 2.71. The van der Waals surface area contributed by atoms with Crippen LogP contribution in [0.5, 0.6) is 0 Å². The molecule has 0 saturated carbocycles. The molecule has 0 fully saturated rings. The normalized spacial score (nSPS) is 22.1. The van der Waals surface area contributed by atoms with Crippen LogP contribution < -0.4 is 0 Å². The molecule has 66 valence electrons. The zero-order valence-corrected chi connectivity index (χ0v) is 7.72. The smallest absolute Gasteiger partial charge is 0.0230 e. The number of rotatable bonds is 2. The second-order valence-electron chi connectivity index (χ2n) is 3.42. The molecule has 2 unspecified atom stereocenters. The van der Waals surface area contributed by atoms with Gasteiger partial charge in [-0.3, -0.25) is 4.99 Å². The fourth-order valence-electron chi connectivity index (χ4n) is 1.62. The van der Waals surface area contributed by atoms with Crippen molar-refractivity contribution in [2.24, 2.45) is 10.9 Å². The molecule has 1 aliphatic heterocycles. The van der Waals surface area contributed by atoms with Crippen molar-refractivity contribution in [3.63, 3.8) is 0 Å². The Balaban J connectivity index is 2.18. The van der Waals surface area contributed by atoms with Crippen molar-refractivity contribution < 1.29 is 0 Å². The molecule has 2 rings (SSSR count). The predicted octanol–water partition coefficient (Wildman–Crippen LogP) is 3.00. The van der Waals surface area contributed by atoms with Gasteiger partial charge in [0.05, 0.1) is 0 Å². The van der Waals surface area contributed by atoms with Crippen LogP contribution in [0.25, 0.3) is 0 Å². The Hall–Kier alpha value is -1.37. The minimum Gasteiger partial charge on any atom is -0.269 e. The molecule has 0 spiro atoms. The molecule has 13 heavy (non-hydrogen) atoms. The quantitative estimate of drug-likeness (QED) is 0.648. The van der Waals surface area contributed by atoms with Crippen LogP contribution in [-0.2, 0) is 0 Å². The van der Waals surface area contributed by atoms with Crippen LogP contribution in [0.2, 0.25) is 0 Å². The molecule has 0 radical (unpaired) electrons. The van der Waals surface area contributed by atoms with E-state index in [4.69, 9.17) is 0 Å². The first-order valence-electron chi connectivity index (χ1n) is 4.63. The molecule has 0 aromatic heterocycles. The Bertz CT molecular complexity index is 312. The van der Waals surface area contributed by atoms with Crippen LogP contribution in [-0.4, -0.2) is 6.21 Å². The SMILES string of the molecule is CC(c1ccccc1)C1C=CN=C1. The van der Waals surface area contributed by atoms with Gasteiger partial charge in [-0.25, -0.2) is 0 Å². The maximum absolute atomic E-state index is 4.11. The minimum atomic E-state index is 0.474. The maximum Gasteiger partial charge on any atom is 0.0230 e. The molecule has 0 aliphatic carbocycles. The van der Waals surface area contributed by atoms with Gasteiger partial charge in [0.15, 0.2) is 0 Å². The van der Waals surface area contributed by atoms with Gasteiger partial charge < -0.3 is 0 Å². The van der Waals surface area contributed by atoms with Crippen molar-refractivity contribution >= 4 is 6.21 Å². The van der Waals surface area contributed by atoms with Gasteiger partial charge >= 0.3 is 0 Å². The highest BCUT2D eigenvalue weighted by Crippen LogP contribution is 2.25. The summed E-state index contributed by atoms with van der Waals surface area (Å²) in [4.78, 5) is 4.11. The van der Waals surface area contributed by atoms with Crippen LogP contribution in [0.3, 0.4) is 0 Å². The number of hydrogen-bond donors (Lipinski definition) is 0. The summed E-state index contributed by atoms with van der Waals surface area (Å²) < 4.78 is 0. The number of nitrogens with zero attached hydrogens (tertiary/aromatic N) is 1. The average molecular weight is 171 g/mol. The highest BCUT2D eigenvalue weighted by molar-refractivity contribution is 5.68. The third-order valence-corrected chi connectivity index (χ3v) is 2.56. The summed E-state index contributed by atoms with van der Waals surface area (Å²) in [6.07, 6.45) is 6.04. The lowest BCUT2D eigenvalue weighted by atomic mass is 9.89. The van der Waals surface area contributed by atoms with Gasteiger partial charge in [0.25, 0.3) is 0 Å². The van der Waals surface area contributed by atoms with Gasteiger partial charge in [-0.05, 0) is 11.5 Å². The highest BCUT2D eigenvalue weighted by atomic mass is 14.7. The molecule has 1 heteroatoms. The van der Waals surface area contributed by atoms with Crippen molar-refractivity contribution in [1.82, 2.24) is 0 Å². The zero-order chi connectivity index (χ0) is 9.10. The van der Waals surface area contributed by atoms with Gasteiger partial charge in [0, 0.05) is 18.3 Å². The Morgan fingerprint density at radius 2 is 2.00 bits per heavy atom. The molecule has 0 bridgehead atoms. The minimum absolute atomic E-state index is 0.474. The maximum atomic E-state index is 4.11. The summed E-state index contributed by atoms with van der Waals surface area (Å²) in [5.41, 5.74) is 1.38. The number of allylic oxidation sites excluding steroid dienone is 1. The Morgan fingerprint density at radius 1 is 1.23 bits per heavy atom. The van der Waals surface area contributed by atoms with Gasteiger partial charge in [-0.2, -0.15) is 0 Å². The fraction of sp³-hybridized carbons (Fsp3) is 0.250. The number of aliphatic imine (C=N–C) groups is 1. The van der Waals surface area contributed by atoms with Crippen LogP contribution in [0.4, 0.5) is 0 Å². The molecule has 1 aromatic carbocycles. The molecular formula is C12H13N. The van der Waals surface area contributed by atoms with E-state index in [-0.39, 0.29) is 0 Å². The largest absolute Gasteiger partial charge is 0.269 e. The highest BCUT2D eigenvalue weighted by Gasteiger charge is 2.15. The topological polar surface area (TPSA) is 12.4 Å². The van der Waals surface area contributed by atoms with E-state index in [0.29, 0.717) is 11.8 Å². The Morgan fingerprint density at radius 3 is 2.62 bits per heavy atom. The van der Waals surface area contributed by atoms with Crippen molar-refractivity contribution in [3.05, 3.63) is 48.2 Å². The Labute approximate surface area is 78.8 Å². The summed E-state index contributed by atoms with van der Waals surface area (Å²) >= 11 is 0. The van der Waals surface area contributed by atoms with Crippen LogP contribution >= 0.6 is 0 Å². The Kier molecular flexibility index (Phi) is 2.26. The molecule has 0 saturated heterocycles. The molecular weight excluding hydrogens is 158 g/mol. The van der Waals surface area contributed by atoms with Gasteiger partial charge in [-0.1, -0.05) is 43.3 Å². The monoisotopic (exact) mass is 171 g/mol. The van der Waals surface area contributed by atoms with Crippen molar-refractivity contribution in [2.45, 2.75) is 12.8 Å². The third-order valence-electron chi connectivity index (χ3n) is 2.56. The van der Waals surface area contributed by atoms with E-state index >= 15 is 0 Å². The zero-order valence-electron chi connectivity index (χ0n) is 7.72. The molecule has 1 nitrogen and oxygen atoms in total. The van der Waals surface area contributed by atoms with Crippen molar-refractivity contribution in [2.75, 3.05) is 0 Å². The first kappa shape index (κ1) is 8.24. The van der Waals surface area contributed by atoms with E-state index in [1.165, 1.54) is 5.56 Å². The number of benzene rings is 1.